The zero-order chi connectivity index (χ0) is 24.2. The zero-order valence-corrected chi connectivity index (χ0v) is 20.6. The van der Waals surface area contributed by atoms with E-state index in [0.717, 1.165) is 16.4 Å². The molecule has 0 spiro atoms. The zero-order valence-electron chi connectivity index (χ0n) is 19.8. The molecule has 0 saturated carbocycles. The Morgan fingerprint density at radius 3 is 2.38 bits per heavy atom. The Bertz CT molecular complexity index is 1040. The molecule has 34 heavy (non-hydrogen) atoms. The Morgan fingerprint density at radius 2 is 1.79 bits per heavy atom. The topological polar surface area (TPSA) is 89.9 Å². The van der Waals surface area contributed by atoms with Crippen molar-refractivity contribution in [2.75, 3.05) is 47.6 Å². The lowest BCUT2D eigenvalue weighted by atomic mass is 9.92. The number of hydrogen-bond acceptors (Lipinski definition) is 9. The SMILES string of the molecule is CCC1=C(C(=O)OC)[C@H](c2cc(OC)cc(OC)c2)N2C(CC(=O)N3CCOCC3)=CSC2=N1. The van der Waals surface area contributed by atoms with E-state index in [0.29, 0.717) is 55.5 Å². The Morgan fingerprint density at radius 1 is 1.12 bits per heavy atom. The van der Waals surface area contributed by atoms with Crippen LogP contribution in [0.1, 0.15) is 31.4 Å². The van der Waals surface area contributed by atoms with Gasteiger partial charge in [-0.3, -0.25) is 4.79 Å². The molecule has 3 aliphatic heterocycles. The predicted octanol–water partition coefficient (Wildman–Crippen LogP) is 3.09. The molecule has 9 nitrogen and oxygen atoms in total. The Balaban J connectivity index is 1.77. The molecule has 182 valence electrons. The number of allylic oxidation sites excluding steroid dienone is 1. The van der Waals surface area contributed by atoms with E-state index in [4.69, 9.17) is 23.9 Å². The molecule has 0 N–H and O–H groups in total. The second-order valence-corrected chi connectivity index (χ2v) is 8.75. The average Bonchev–Trinajstić information content (AvgIpc) is 3.29. The number of morpholine rings is 1. The molecule has 4 rings (SSSR count). The van der Waals surface area contributed by atoms with Gasteiger partial charge >= 0.3 is 5.97 Å². The number of carbonyl (C=O) groups excluding carboxylic acids is 2. The maximum absolute atomic E-state index is 13.1. The number of thioether (sulfide) groups is 1. The molecule has 10 heteroatoms. The summed E-state index contributed by atoms with van der Waals surface area (Å²) in [4.78, 5) is 34.7. The van der Waals surface area contributed by atoms with E-state index >= 15 is 0 Å². The highest BCUT2D eigenvalue weighted by Gasteiger charge is 2.42. The molecular weight excluding hydrogens is 458 g/mol. The fourth-order valence-electron chi connectivity index (χ4n) is 4.29. The Labute approximate surface area is 203 Å². The van der Waals surface area contributed by atoms with Crippen LogP contribution in [-0.4, -0.2) is 74.5 Å². The van der Waals surface area contributed by atoms with Crippen LogP contribution in [0.25, 0.3) is 0 Å². The Kier molecular flexibility index (Phi) is 7.47. The van der Waals surface area contributed by atoms with E-state index in [2.05, 4.69) is 0 Å². The first-order chi connectivity index (χ1) is 16.5. The average molecular weight is 488 g/mol. The van der Waals surface area contributed by atoms with Gasteiger partial charge in [0.2, 0.25) is 5.91 Å². The highest BCUT2D eigenvalue weighted by molar-refractivity contribution is 8.16. The minimum absolute atomic E-state index is 0.0169. The van der Waals surface area contributed by atoms with Crippen molar-refractivity contribution < 1.29 is 28.5 Å². The minimum atomic E-state index is -0.544. The number of hydrogen-bond donors (Lipinski definition) is 0. The Hall–Kier alpha value is -2.98. The molecule has 1 atom stereocenters. The predicted molar refractivity (Wildman–Crippen MR) is 129 cm³/mol. The largest absolute Gasteiger partial charge is 0.497 e. The maximum Gasteiger partial charge on any atom is 0.338 e. The summed E-state index contributed by atoms with van der Waals surface area (Å²) in [7, 11) is 4.53. The van der Waals surface area contributed by atoms with Crippen LogP contribution in [0.4, 0.5) is 0 Å². The van der Waals surface area contributed by atoms with Crippen molar-refractivity contribution in [3.05, 3.63) is 46.1 Å². The summed E-state index contributed by atoms with van der Waals surface area (Å²) < 4.78 is 21.5. The molecule has 1 amide bonds. The second-order valence-electron chi connectivity index (χ2n) is 7.92. The van der Waals surface area contributed by atoms with Crippen LogP contribution in [0, 0.1) is 0 Å². The first kappa shape index (κ1) is 24.2. The first-order valence-electron chi connectivity index (χ1n) is 11.1. The van der Waals surface area contributed by atoms with Gasteiger partial charge in [0, 0.05) is 24.9 Å². The summed E-state index contributed by atoms with van der Waals surface area (Å²) in [6.07, 6.45) is 0.752. The van der Waals surface area contributed by atoms with E-state index in [-0.39, 0.29) is 12.3 Å². The summed E-state index contributed by atoms with van der Waals surface area (Å²) in [6, 6.07) is 4.98. The van der Waals surface area contributed by atoms with Gasteiger partial charge in [-0.05, 0) is 29.5 Å². The number of fused-ring (bicyclic) bond motifs is 1. The van der Waals surface area contributed by atoms with Gasteiger partial charge in [-0.1, -0.05) is 18.7 Å². The molecule has 0 bridgehead atoms. The van der Waals surface area contributed by atoms with E-state index < -0.39 is 12.0 Å². The molecule has 0 aliphatic carbocycles. The highest BCUT2D eigenvalue weighted by atomic mass is 32.2. The number of carbonyl (C=O) groups is 2. The number of amidine groups is 1. The van der Waals surface area contributed by atoms with E-state index in [1.54, 1.807) is 20.3 Å². The van der Waals surface area contributed by atoms with Crippen molar-refractivity contribution in [3.63, 3.8) is 0 Å². The number of ether oxygens (including phenoxy) is 4. The minimum Gasteiger partial charge on any atom is -0.497 e. The van der Waals surface area contributed by atoms with Crippen molar-refractivity contribution in [2.45, 2.75) is 25.8 Å². The van der Waals surface area contributed by atoms with Crippen LogP contribution >= 0.6 is 11.8 Å². The van der Waals surface area contributed by atoms with Crippen LogP contribution < -0.4 is 9.47 Å². The van der Waals surface area contributed by atoms with Gasteiger partial charge in [0.1, 0.15) is 11.5 Å². The lowest BCUT2D eigenvalue weighted by Crippen LogP contribution is -2.42. The molecule has 1 fully saturated rings. The third kappa shape index (κ3) is 4.65. The van der Waals surface area contributed by atoms with Gasteiger partial charge < -0.3 is 28.7 Å². The molecule has 0 radical (unpaired) electrons. The number of methoxy groups -OCH3 is 3. The lowest BCUT2D eigenvalue weighted by molar-refractivity contribution is -0.136. The smallest absolute Gasteiger partial charge is 0.338 e. The summed E-state index contributed by atoms with van der Waals surface area (Å²) in [5.74, 6) is 0.760. The third-order valence-corrected chi connectivity index (χ3v) is 6.90. The molecule has 3 aliphatic rings. The van der Waals surface area contributed by atoms with Gasteiger partial charge in [-0.2, -0.15) is 0 Å². The number of esters is 1. The van der Waals surface area contributed by atoms with E-state index in [9.17, 15) is 9.59 Å². The van der Waals surface area contributed by atoms with Gasteiger partial charge in [0.25, 0.3) is 0 Å². The van der Waals surface area contributed by atoms with Crippen LogP contribution in [0.5, 0.6) is 11.5 Å². The quantitative estimate of drug-likeness (QED) is 0.542. The van der Waals surface area contributed by atoms with Crippen LogP contribution in [0.2, 0.25) is 0 Å². The number of nitrogens with zero attached hydrogens (tertiary/aromatic N) is 3. The summed E-state index contributed by atoms with van der Waals surface area (Å²) in [5, 5.41) is 2.66. The van der Waals surface area contributed by atoms with Crippen molar-refractivity contribution in [1.82, 2.24) is 9.80 Å². The monoisotopic (exact) mass is 487 g/mol. The lowest BCUT2D eigenvalue weighted by Gasteiger charge is -2.37. The molecule has 3 heterocycles. The standard InChI is InChI=1S/C24H29N3O6S/c1-5-19-21(23(29)32-4)22(15-10-17(30-2)13-18(11-15)31-3)27-16(14-34-24(27)25-19)12-20(28)26-6-8-33-9-7-26/h10-11,13-14,22H,5-9,12H2,1-4H3/t22-/m0/s1. The second kappa shape index (κ2) is 10.5. The molecule has 1 aromatic carbocycles. The van der Waals surface area contributed by atoms with Crippen molar-refractivity contribution in [1.29, 1.82) is 0 Å². The van der Waals surface area contributed by atoms with Gasteiger partial charge in [0.15, 0.2) is 5.17 Å². The fraction of sp³-hybridized carbons (Fsp3) is 0.458. The normalized spacial score (nSPS) is 19.9. The third-order valence-electron chi connectivity index (χ3n) is 6.01. The highest BCUT2D eigenvalue weighted by Crippen LogP contribution is 2.46. The van der Waals surface area contributed by atoms with Crippen LogP contribution in [0.3, 0.4) is 0 Å². The fourth-order valence-corrected chi connectivity index (χ4v) is 5.23. The summed E-state index contributed by atoms with van der Waals surface area (Å²) >= 11 is 1.45. The summed E-state index contributed by atoms with van der Waals surface area (Å²) in [6.45, 7) is 4.18. The molecule has 1 aromatic rings. The van der Waals surface area contributed by atoms with Gasteiger partial charge in [-0.25, -0.2) is 9.79 Å². The van der Waals surface area contributed by atoms with Crippen LogP contribution in [0.15, 0.2) is 45.6 Å². The number of rotatable bonds is 7. The van der Waals surface area contributed by atoms with Gasteiger partial charge in [-0.15, -0.1) is 0 Å². The van der Waals surface area contributed by atoms with E-state index in [1.807, 2.05) is 34.3 Å². The molecule has 1 saturated heterocycles. The van der Waals surface area contributed by atoms with Crippen molar-refractivity contribution >= 4 is 28.8 Å². The maximum atomic E-state index is 13.1. The molecular formula is C24H29N3O6S. The number of aliphatic imine (C=N–C) groups is 1. The van der Waals surface area contributed by atoms with E-state index in [1.165, 1.54) is 18.9 Å². The molecule has 0 unspecified atom stereocenters. The van der Waals surface area contributed by atoms with Crippen molar-refractivity contribution in [2.24, 2.45) is 4.99 Å². The van der Waals surface area contributed by atoms with Gasteiger partial charge in [0.05, 0.1) is 58.3 Å². The number of benzene rings is 1. The number of amides is 1. The molecule has 0 aromatic heterocycles. The van der Waals surface area contributed by atoms with Crippen LogP contribution in [-0.2, 0) is 19.1 Å². The van der Waals surface area contributed by atoms with Crippen molar-refractivity contribution in [3.8, 4) is 11.5 Å². The first-order valence-corrected chi connectivity index (χ1v) is 12.0. The summed E-state index contributed by atoms with van der Waals surface area (Å²) in [5.41, 5.74) is 2.66.